The largest absolute Gasteiger partial charge is 0.377 e. The second-order valence-electron chi connectivity index (χ2n) is 3.91. The summed E-state index contributed by atoms with van der Waals surface area (Å²) in [4.78, 5) is 11.9. The minimum absolute atomic E-state index is 0.0348. The second kappa shape index (κ2) is 6.77. The van der Waals surface area contributed by atoms with E-state index in [4.69, 9.17) is 4.74 Å². The van der Waals surface area contributed by atoms with Crippen LogP contribution >= 0.6 is 15.9 Å². The zero-order chi connectivity index (χ0) is 12.8. The highest BCUT2D eigenvalue weighted by atomic mass is 79.9. The molecule has 1 unspecified atom stereocenters. The van der Waals surface area contributed by atoms with E-state index in [1.807, 2.05) is 32.9 Å². The van der Waals surface area contributed by atoms with Crippen molar-refractivity contribution >= 4 is 21.8 Å². The Morgan fingerprint density at radius 3 is 2.88 bits per heavy atom. The summed E-state index contributed by atoms with van der Waals surface area (Å²) in [5.74, 6) is -0.0767. The van der Waals surface area contributed by atoms with Crippen molar-refractivity contribution in [1.29, 1.82) is 0 Å². The van der Waals surface area contributed by atoms with Gasteiger partial charge in [-0.3, -0.25) is 4.79 Å². The molecule has 1 amide bonds. The van der Waals surface area contributed by atoms with Crippen molar-refractivity contribution in [2.24, 2.45) is 0 Å². The maximum atomic E-state index is 11.9. The molecule has 17 heavy (non-hydrogen) atoms. The Morgan fingerprint density at radius 2 is 2.24 bits per heavy atom. The molecule has 1 atom stereocenters. The fourth-order valence-corrected chi connectivity index (χ4v) is 1.94. The van der Waals surface area contributed by atoms with Crippen LogP contribution in [0.5, 0.6) is 0 Å². The monoisotopic (exact) mass is 299 g/mol. The molecular formula is C13H18BrNO2. The molecule has 0 radical (unpaired) electrons. The minimum atomic E-state index is -0.0767. The number of rotatable bonds is 5. The van der Waals surface area contributed by atoms with Crippen LogP contribution < -0.4 is 5.32 Å². The highest BCUT2D eigenvalue weighted by Crippen LogP contribution is 2.20. The fraction of sp³-hybridized carbons (Fsp3) is 0.462. The van der Waals surface area contributed by atoms with E-state index in [9.17, 15) is 4.79 Å². The van der Waals surface area contributed by atoms with Gasteiger partial charge < -0.3 is 10.1 Å². The van der Waals surface area contributed by atoms with Gasteiger partial charge in [-0.25, -0.2) is 0 Å². The third kappa shape index (κ3) is 4.13. The number of hydrogen-bond donors (Lipinski definition) is 1. The van der Waals surface area contributed by atoms with Gasteiger partial charge in [0.1, 0.15) is 0 Å². The Morgan fingerprint density at radius 1 is 1.53 bits per heavy atom. The molecule has 1 rings (SSSR count). The lowest BCUT2D eigenvalue weighted by Gasteiger charge is -2.13. The fourth-order valence-electron chi connectivity index (χ4n) is 1.50. The lowest BCUT2D eigenvalue weighted by Crippen LogP contribution is -2.32. The predicted octanol–water partition coefficient (Wildman–Crippen LogP) is 2.91. The summed E-state index contributed by atoms with van der Waals surface area (Å²) in [6.07, 6.45) is 0.0348. The second-order valence-corrected chi connectivity index (χ2v) is 4.71. The molecule has 0 saturated carbocycles. The van der Waals surface area contributed by atoms with Crippen LogP contribution in [0.3, 0.4) is 0 Å². The molecule has 4 heteroatoms. The quantitative estimate of drug-likeness (QED) is 0.908. The van der Waals surface area contributed by atoms with Crippen molar-refractivity contribution in [1.82, 2.24) is 5.32 Å². The highest BCUT2D eigenvalue weighted by molar-refractivity contribution is 9.10. The van der Waals surface area contributed by atoms with Crippen LogP contribution in [0.2, 0.25) is 0 Å². The van der Waals surface area contributed by atoms with Gasteiger partial charge in [0.2, 0.25) is 0 Å². The first-order chi connectivity index (χ1) is 8.06. The average molecular weight is 300 g/mol. The van der Waals surface area contributed by atoms with Crippen molar-refractivity contribution in [2.45, 2.75) is 26.9 Å². The Hall–Kier alpha value is -0.870. The van der Waals surface area contributed by atoms with Crippen LogP contribution in [0.1, 0.15) is 29.8 Å². The molecule has 0 fully saturated rings. The van der Waals surface area contributed by atoms with Crippen LogP contribution in [-0.4, -0.2) is 25.2 Å². The van der Waals surface area contributed by atoms with Gasteiger partial charge in [-0.15, -0.1) is 0 Å². The van der Waals surface area contributed by atoms with Crippen molar-refractivity contribution < 1.29 is 9.53 Å². The number of hydrogen-bond acceptors (Lipinski definition) is 2. The number of benzene rings is 1. The maximum Gasteiger partial charge on any atom is 0.252 e. The van der Waals surface area contributed by atoms with E-state index >= 15 is 0 Å². The minimum Gasteiger partial charge on any atom is -0.377 e. The van der Waals surface area contributed by atoms with Crippen LogP contribution in [-0.2, 0) is 4.74 Å². The normalized spacial score (nSPS) is 12.2. The van der Waals surface area contributed by atoms with E-state index in [-0.39, 0.29) is 12.0 Å². The molecule has 0 aliphatic carbocycles. The van der Waals surface area contributed by atoms with Crippen molar-refractivity contribution in [3.63, 3.8) is 0 Å². The van der Waals surface area contributed by atoms with E-state index in [1.54, 1.807) is 6.07 Å². The standard InChI is InChI=1S/C13H18BrNO2/c1-4-17-10(3)8-15-13(16)11-7-5-6-9(2)12(11)14/h5-7,10H,4,8H2,1-3H3,(H,15,16). The number of ether oxygens (including phenoxy) is 1. The van der Waals surface area contributed by atoms with E-state index in [0.717, 1.165) is 10.0 Å². The first kappa shape index (κ1) is 14.2. The molecule has 0 aliphatic heterocycles. The lowest BCUT2D eigenvalue weighted by atomic mass is 10.1. The first-order valence-electron chi connectivity index (χ1n) is 5.71. The first-order valence-corrected chi connectivity index (χ1v) is 6.50. The number of amides is 1. The molecule has 0 spiro atoms. The summed E-state index contributed by atoms with van der Waals surface area (Å²) in [5.41, 5.74) is 1.71. The van der Waals surface area contributed by atoms with E-state index in [0.29, 0.717) is 18.7 Å². The van der Waals surface area contributed by atoms with E-state index in [1.165, 1.54) is 0 Å². The Bertz CT molecular complexity index is 393. The third-order valence-electron chi connectivity index (χ3n) is 2.44. The Labute approximate surface area is 111 Å². The van der Waals surface area contributed by atoms with Crippen molar-refractivity contribution in [2.75, 3.05) is 13.2 Å². The van der Waals surface area contributed by atoms with Crippen molar-refractivity contribution in [3.8, 4) is 0 Å². The SMILES string of the molecule is CCOC(C)CNC(=O)c1cccc(C)c1Br. The molecule has 0 aromatic heterocycles. The highest BCUT2D eigenvalue weighted by Gasteiger charge is 2.11. The Balaban J connectivity index is 2.61. The summed E-state index contributed by atoms with van der Waals surface area (Å²) in [5, 5.41) is 2.86. The number of carbonyl (C=O) groups is 1. The zero-order valence-electron chi connectivity index (χ0n) is 10.4. The van der Waals surface area contributed by atoms with Crippen LogP contribution in [0, 0.1) is 6.92 Å². The summed E-state index contributed by atoms with van der Waals surface area (Å²) in [7, 11) is 0. The molecule has 94 valence electrons. The molecular weight excluding hydrogens is 282 g/mol. The number of halogens is 1. The molecule has 1 aromatic carbocycles. The maximum absolute atomic E-state index is 11.9. The summed E-state index contributed by atoms with van der Waals surface area (Å²) in [6.45, 7) is 7.02. The van der Waals surface area contributed by atoms with Crippen molar-refractivity contribution in [3.05, 3.63) is 33.8 Å². The van der Waals surface area contributed by atoms with Crippen LogP contribution in [0.4, 0.5) is 0 Å². The molecule has 3 nitrogen and oxygen atoms in total. The zero-order valence-corrected chi connectivity index (χ0v) is 12.0. The van der Waals surface area contributed by atoms with Gasteiger partial charge in [-0.2, -0.15) is 0 Å². The van der Waals surface area contributed by atoms with Gasteiger partial charge in [0.25, 0.3) is 5.91 Å². The topological polar surface area (TPSA) is 38.3 Å². The van der Waals surface area contributed by atoms with Crippen LogP contribution in [0.25, 0.3) is 0 Å². The molecule has 0 bridgehead atoms. The third-order valence-corrected chi connectivity index (χ3v) is 3.49. The van der Waals surface area contributed by atoms with Gasteiger partial charge in [-0.1, -0.05) is 12.1 Å². The number of aryl methyl sites for hydroxylation is 1. The summed E-state index contributed by atoms with van der Waals surface area (Å²) < 4.78 is 6.20. The average Bonchev–Trinajstić information content (AvgIpc) is 2.30. The Kier molecular flexibility index (Phi) is 5.65. The summed E-state index contributed by atoms with van der Waals surface area (Å²) in [6, 6.07) is 5.64. The van der Waals surface area contributed by atoms with E-state index in [2.05, 4.69) is 21.2 Å². The lowest BCUT2D eigenvalue weighted by molar-refractivity contribution is 0.0695. The molecule has 1 N–H and O–H groups in total. The van der Waals surface area contributed by atoms with Crippen LogP contribution in [0.15, 0.2) is 22.7 Å². The number of carbonyl (C=O) groups excluding carboxylic acids is 1. The van der Waals surface area contributed by atoms with Gasteiger partial charge in [0.05, 0.1) is 11.7 Å². The predicted molar refractivity (Wildman–Crippen MR) is 72.3 cm³/mol. The van der Waals surface area contributed by atoms with Gasteiger partial charge >= 0.3 is 0 Å². The number of nitrogens with one attached hydrogen (secondary N) is 1. The molecule has 0 saturated heterocycles. The molecule has 1 aromatic rings. The summed E-state index contributed by atoms with van der Waals surface area (Å²) >= 11 is 3.43. The molecule has 0 heterocycles. The van der Waals surface area contributed by atoms with Gasteiger partial charge in [-0.05, 0) is 48.3 Å². The van der Waals surface area contributed by atoms with E-state index < -0.39 is 0 Å². The van der Waals surface area contributed by atoms with Gasteiger partial charge in [0.15, 0.2) is 0 Å². The smallest absolute Gasteiger partial charge is 0.252 e. The van der Waals surface area contributed by atoms with Gasteiger partial charge in [0, 0.05) is 17.6 Å². The molecule has 0 aliphatic rings.